The quantitative estimate of drug-likeness (QED) is 0.222. The molecule has 0 radical (unpaired) electrons. The lowest BCUT2D eigenvalue weighted by Crippen LogP contribution is -2.23. The third-order valence-electron chi connectivity index (χ3n) is 5.11. The summed E-state index contributed by atoms with van der Waals surface area (Å²) in [6, 6.07) is 7.92. The van der Waals surface area contributed by atoms with Gasteiger partial charge in [-0.1, -0.05) is 25.5 Å². The Bertz CT molecular complexity index is 1350. The second-order valence-corrected chi connectivity index (χ2v) is 7.34. The molecule has 1 nitrogen and oxygen atoms in total. The maximum atomic E-state index is 14.9. The van der Waals surface area contributed by atoms with Gasteiger partial charge in [-0.25, -0.2) is 22.0 Å². The molecule has 0 N–H and O–H groups in total. The summed E-state index contributed by atoms with van der Waals surface area (Å²) in [6.45, 7) is 1.88. The van der Waals surface area contributed by atoms with Crippen molar-refractivity contribution < 1.29 is 35.5 Å². The van der Waals surface area contributed by atoms with Crippen molar-refractivity contribution in [1.29, 1.82) is 0 Å². The van der Waals surface area contributed by atoms with E-state index in [4.69, 9.17) is 0 Å². The summed E-state index contributed by atoms with van der Waals surface area (Å²) in [5, 5.41) is -1.04. The van der Waals surface area contributed by atoms with Crippen molar-refractivity contribution in [2.45, 2.75) is 25.9 Å². The van der Waals surface area contributed by atoms with Gasteiger partial charge in [-0.15, -0.1) is 0 Å². The molecule has 0 atom stereocenters. The van der Waals surface area contributed by atoms with E-state index in [1.54, 1.807) is 0 Å². The van der Waals surface area contributed by atoms with Crippen molar-refractivity contribution in [3.63, 3.8) is 0 Å². The summed E-state index contributed by atoms with van der Waals surface area (Å²) in [5.41, 5.74) is -0.594. The van der Waals surface area contributed by atoms with Gasteiger partial charge < -0.3 is 4.74 Å². The Morgan fingerprint density at radius 1 is 0.750 bits per heavy atom. The van der Waals surface area contributed by atoms with Crippen LogP contribution in [0.4, 0.5) is 30.7 Å². The van der Waals surface area contributed by atoms with Crippen LogP contribution in [0.15, 0.2) is 48.5 Å². The number of alkyl halides is 2. The van der Waals surface area contributed by atoms with Crippen molar-refractivity contribution in [2.75, 3.05) is 0 Å². The predicted octanol–water partition coefficient (Wildman–Crippen LogP) is 7.77. The second-order valence-electron chi connectivity index (χ2n) is 7.34. The molecule has 0 unspecified atom stereocenters. The number of hydrogen-bond donors (Lipinski definition) is 0. The van der Waals surface area contributed by atoms with Crippen LogP contribution in [0, 0.1) is 29.1 Å². The normalized spacial score (nSPS) is 12.0. The first-order valence-corrected chi connectivity index (χ1v) is 9.67. The minimum absolute atomic E-state index is 0.129. The van der Waals surface area contributed by atoms with Gasteiger partial charge in [0.1, 0.15) is 22.9 Å². The lowest BCUT2D eigenvalue weighted by Gasteiger charge is -2.20. The fourth-order valence-electron chi connectivity index (χ4n) is 3.64. The Kier molecular flexibility index (Phi) is 5.48. The van der Waals surface area contributed by atoms with E-state index in [0.717, 1.165) is 36.8 Å². The molecule has 0 saturated heterocycles. The van der Waals surface area contributed by atoms with Crippen molar-refractivity contribution in [2.24, 2.45) is 0 Å². The SMILES string of the molecule is CCCc1cc(F)c2c(F)c(C(F)(F)Oc3ccc4c(F)c(F)c(F)cc4c3)ccc2c1. The Hall–Kier alpha value is -3.29. The van der Waals surface area contributed by atoms with Crippen molar-refractivity contribution in [3.05, 3.63) is 88.7 Å². The van der Waals surface area contributed by atoms with Crippen LogP contribution in [-0.2, 0) is 12.5 Å². The molecule has 0 aromatic heterocycles. The minimum Gasteiger partial charge on any atom is -0.429 e. The van der Waals surface area contributed by atoms with Crippen LogP contribution in [-0.4, -0.2) is 0 Å². The van der Waals surface area contributed by atoms with Gasteiger partial charge in [0, 0.05) is 5.39 Å². The summed E-state index contributed by atoms with van der Waals surface area (Å²) in [6.07, 6.45) is -2.97. The first-order valence-electron chi connectivity index (χ1n) is 9.67. The highest BCUT2D eigenvalue weighted by atomic mass is 19.3. The molecule has 0 aliphatic carbocycles. The van der Waals surface area contributed by atoms with Crippen LogP contribution in [0.5, 0.6) is 5.75 Å². The second kappa shape index (κ2) is 8.00. The topological polar surface area (TPSA) is 9.23 Å². The largest absolute Gasteiger partial charge is 0.429 e. The van der Waals surface area contributed by atoms with Crippen LogP contribution < -0.4 is 4.74 Å². The molecular weight excluding hydrogens is 437 g/mol. The number of rotatable bonds is 5. The van der Waals surface area contributed by atoms with E-state index in [1.165, 1.54) is 12.1 Å². The molecular formula is C24H15F7O. The van der Waals surface area contributed by atoms with E-state index in [9.17, 15) is 30.7 Å². The average Bonchev–Trinajstić information content (AvgIpc) is 2.71. The van der Waals surface area contributed by atoms with E-state index in [0.29, 0.717) is 18.1 Å². The van der Waals surface area contributed by atoms with Gasteiger partial charge in [-0.3, -0.25) is 0 Å². The Balaban J connectivity index is 1.75. The van der Waals surface area contributed by atoms with E-state index >= 15 is 0 Å². The Morgan fingerprint density at radius 2 is 1.50 bits per heavy atom. The number of halogens is 7. The summed E-state index contributed by atoms with van der Waals surface area (Å²) in [4.78, 5) is 0. The zero-order chi connectivity index (χ0) is 23.2. The zero-order valence-electron chi connectivity index (χ0n) is 16.6. The van der Waals surface area contributed by atoms with Crippen LogP contribution in [0.25, 0.3) is 21.5 Å². The number of ether oxygens (including phenoxy) is 1. The van der Waals surface area contributed by atoms with Crippen LogP contribution >= 0.6 is 0 Å². The summed E-state index contributed by atoms with van der Waals surface area (Å²) < 4.78 is 104. The van der Waals surface area contributed by atoms with Crippen molar-refractivity contribution in [1.82, 2.24) is 0 Å². The maximum absolute atomic E-state index is 14.9. The third kappa shape index (κ3) is 3.74. The molecule has 166 valence electrons. The first kappa shape index (κ1) is 21.9. The number of aryl methyl sites for hydroxylation is 1. The molecule has 4 aromatic carbocycles. The molecule has 32 heavy (non-hydrogen) atoms. The van der Waals surface area contributed by atoms with E-state index in [1.807, 2.05) is 6.92 Å². The molecule has 4 aromatic rings. The molecule has 0 aliphatic rings. The van der Waals surface area contributed by atoms with Crippen LogP contribution in [0.3, 0.4) is 0 Å². The molecule has 0 saturated carbocycles. The predicted molar refractivity (Wildman–Crippen MR) is 106 cm³/mol. The van der Waals surface area contributed by atoms with Crippen LogP contribution in [0.2, 0.25) is 0 Å². The van der Waals surface area contributed by atoms with Crippen LogP contribution in [0.1, 0.15) is 24.5 Å². The molecule has 0 spiro atoms. The fourth-order valence-corrected chi connectivity index (χ4v) is 3.64. The number of benzene rings is 4. The molecule has 0 fully saturated rings. The summed E-state index contributed by atoms with van der Waals surface area (Å²) in [7, 11) is 0. The molecule has 8 heteroatoms. The molecule has 0 bridgehead atoms. The lowest BCUT2D eigenvalue weighted by atomic mass is 10.0. The Labute approximate surface area is 178 Å². The van der Waals surface area contributed by atoms with Gasteiger partial charge in [0.25, 0.3) is 0 Å². The van der Waals surface area contributed by atoms with Gasteiger partial charge in [0.2, 0.25) is 0 Å². The highest BCUT2D eigenvalue weighted by molar-refractivity contribution is 5.86. The van der Waals surface area contributed by atoms with Crippen molar-refractivity contribution in [3.8, 4) is 5.75 Å². The van der Waals surface area contributed by atoms with E-state index in [2.05, 4.69) is 4.74 Å². The minimum atomic E-state index is -4.24. The van der Waals surface area contributed by atoms with E-state index < -0.39 is 51.9 Å². The van der Waals surface area contributed by atoms with Gasteiger partial charge in [-0.05, 0) is 59.2 Å². The maximum Gasteiger partial charge on any atom is 0.429 e. The van der Waals surface area contributed by atoms with E-state index in [-0.39, 0.29) is 16.2 Å². The summed E-state index contributed by atoms with van der Waals surface area (Å²) >= 11 is 0. The Morgan fingerprint density at radius 3 is 2.22 bits per heavy atom. The summed E-state index contributed by atoms with van der Waals surface area (Å²) in [5.74, 6) is -7.67. The van der Waals surface area contributed by atoms with Gasteiger partial charge >= 0.3 is 6.11 Å². The number of fused-ring (bicyclic) bond motifs is 2. The lowest BCUT2D eigenvalue weighted by molar-refractivity contribution is -0.187. The third-order valence-corrected chi connectivity index (χ3v) is 5.11. The molecule has 4 rings (SSSR count). The first-order chi connectivity index (χ1) is 15.1. The molecule has 0 aliphatic heterocycles. The van der Waals surface area contributed by atoms with Gasteiger partial charge in [0.15, 0.2) is 17.5 Å². The van der Waals surface area contributed by atoms with Gasteiger partial charge in [-0.2, -0.15) is 8.78 Å². The number of hydrogen-bond acceptors (Lipinski definition) is 1. The molecule has 0 amide bonds. The highest BCUT2D eigenvalue weighted by Gasteiger charge is 2.39. The highest BCUT2D eigenvalue weighted by Crippen LogP contribution is 2.38. The fraction of sp³-hybridized carbons (Fsp3) is 0.167. The monoisotopic (exact) mass is 452 g/mol. The molecule has 0 heterocycles. The zero-order valence-corrected chi connectivity index (χ0v) is 16.6. The van der Waals surface area contributed by atoms with Gasteiger partial charge in [0.05, 0.1) is 5.39 Å². The van der Waals surface area contributed by atoms with Crippen molar-refractivity contribution >= 4 is 21.5 Å². The average molecular weight is 452 g/mol. The smallest absolute Gasteiger partial charge is 0.429 e. The standard InChI is InChI=1S/C24H15F7O/c1-2-3-12-8-13-4-7-17(22(28)20(13)18(25)9-12)24(30,31)32-15-5-6-16-14(10-15)11-19(26)23(29)21(16)27/h4-11H,2-3H2,1H3.